The van der Waals surface area contributed by atoms with Gasteiger partial charge in [0.2, 0.25) is 0 Å². The first-order chi connectivity index (χ1) is 8.72. The maximum atomic E-state index is 10.3. The lowest BCUT2D eigenvalue weighted by atomic mass is 9.98. The van der Waals surface area contributed by atoms with Gasteiger partial charge in [0.25, 0.3) is 0 Å². The Morgan fingerprint density at radius 3 is 2.78 bits per heavy atom. The molecule has 0 aliphatic rings. The Bertz CT molecular complexity index is 513. The van der Waals surface area contributed by atoms with Crippen LogP contribution in [-0.2, 0) is 4.74 Å². The molecule has 3 heteroatoms. The third-order valence-corrected chi connectivity index (χ3v) is 3.24. The van der Waals surface area contributed by atoms with E-state index in [9.17, 15) is 5.11 Å². The molecule has 1 aromatic heterocycles. The third-order valence-electron chi connectivity index (χ3n) is 3.24. The summed E-state index contributed by atoms with van der Waals surface area (Å²) in [6.45, 7) is 2.67. The van der Waals surface area contributed by atoms with E-state index in [0.29, 0.717) is 6.61 Å². The van der Waals surface area contributed by atoms with Crippen LogP contribution in [0.4, 0.5) is 0 Å². The van der Waals surface area contributed by atoms with E-state index in [1.54, 1.807) is 7.11 Å². The molecule has 0 fully saturated rings. The number of hydrogen-bond acceptors (Lipinski definition) is 3. The maximum Gasteiger partial charge on any atom is 0.0986 e. The number of rotatable bonds is 5. The van der Waals surface area contributed by atoms with Gasteiger partial charge in [0.05, 0.1) is 17.3 Å². The molecular formula is C15H19NO2. The molecule has 96 valence electrons. The standard InChI is InChI=1S/C15H19NO2/c1-11(9-10-18-2)15(17)14-8-7-12-5-3-4-6-13(12)16-14/h3-8,11,15,17H,9-10H2,1-2H3. The van der Waals surface area contributed by atoms with Gasteiger partial charge in [0, 0.05) is 19.1 Å². The number of benzene rings is 1. The first kappa shape index (κ1) is 13.0. The van der Waals surface area contributed by atoms with Gasteiger partial charge < -0.3 is 9.84 Å². The van der Waals surface area contributed by atoms with Crippen molar-refractivity contribution in [2.45, 2.75) is 19.4 Å². The Kier molecular flexibility index (Phi) is 4.28. The van der Waals surface area contributed by atoms with Crippen molar-refractivity contribution < 1.29 is 9.84 Å². The third kappa shape index (κ3) is 2.86. The van der Waals surface area contributed by atoms with Crippen LogP contribution in [0.5, 0.6) is 0 Å². The highest BCUT2D eigenvalue weighted by atomic mass is 16.5. The van der Waals surface area contributed by atoms with E-state index in [1.165, 1.54) is 0 Å². The highest BCUT2D eigenvalue weighted by Crippen LogP contribution is 2.24. The van der Waals surface area contributed by atoms with E-state index in [-0.39, 0.29) is 5.92 Å². The van der Waals surface area contributed by atoms with Crippen molar-refractivity contribution in [1.82, 2.24) is 4.98 Å². The zero-order valence-electron chi connectivity index (χ0n) is 10.8. The average Bonchev–Trinajstić information content (AvgIpc) is 2.43. The van der Waals surface area contributed by atoms with E-state index in [2.05, 4.69) is 4.98 Å². The molecule has 0 aliphatic carbocycles. The predicted octanol–water partition coefficient (Wildman–Crippen LogP) is 2.94. The van der Waals surface area contributed by atoms with Crippen LogP contribution < -0.4 is 0 Å². The van der Waals surface area contributed by atoms with Gasteiger partial charge in [-0.25, -0.2) is 0 Å². The van der Waals surface area contributed by atoms with Crippen LogP contribution in [0.3, 0.4) is 0 Å². The smallest absolute Gasteiger partial charge is 0.0986 e. The van der Waals surface area contributed by atoms with E-state index >= 15 is 0 Å². The Hall–Kier alpha value is -1.45. The van der Waals surface area contributed by atoms with Crippen molar-refractivity contribution >= 4 is 10.9 Å². The second-order valence-corrected chi connectivity index (χ2v) is 4.63. The highest BCUT2D eigenvalue weighted by Gasteiger charge is 2.17. The van der Waals surface area contributed by atoms with Crippen molar-refractivity contribution in [3.63, 3.8) is 0 Å². The van der Waals surface area contributed by atoms with Gasteiger partial charge in [0.15, 0.2) is 0 Å². The van der Waals surface area contributed by atoms with Crippen LogP contribution in [0, 0.1) is 5.92 Å². The minimum Gasteiger partial charge on any atom is -0.387 e. The number of para-hydroxylation sites is 1. The molecule has 1 heterocycles. The molecule has 1 aromatic carbocycles. The average molecular weight is 245 g/mol. The molecule has 0 amide bonds. The zero-order valence-corrected chi connectivity index (χ0v) is 10.8. The number of nitrogens with zero attached hydrogens (tertiary/aromatic N) is 1. The summed E-state index contributed by atoms with van der Waals surface area (Å²) in [6.07, 6.45) is 0.288. The van der Waals surface area contributed by atoms with Gasteiger partial charge in [-0.05, 0) is 24.5 Å². The number of aliphatic hydroxyl groups is 1. The second-order valence-electron chi connectivity index (χ2n) is 4.63. The van der Waals surface area contributed by atoms with Crippen LogP contribution in [0.25, 0.3) is 10.9 Å². The van der Waals surface area contributed by atoms with Gasteiger partial charge in [0.1, 0.15) is 0 Å². The van der Waals surface area contributed by atoms with Gasteiger partial charge >= 0.3 is 0 Å². The molecule has 0 aliphatic heterocycles. The lowest BCUT2D eigenvalue weighted by molar-refractivity contribution is 0.0857. The molecule has 2 unspecified atom stereocenters. The van der Waals surface area contributed by atoms with E-state index in [4.69, 9.17) is 4.74 Å². The van der Waals surface area contributed by atoms with Crippen molar-refractivity contribution in [3.05, 3.63) is 42.1 Å². The van der Waals surface area contributed by atoms with Crippen LogP contribution in [-0.4, -0.2) is 23.8 Å². The molecule has 1 N–H and O–H groups in total. The molecule has 0 saturated carbocycles. The molecule has 0 saturated heterocycles. The fourth-order valence-electron chi connectivity index (χ4n) is 2.00. The molecule has 3 nitrogen and oxygen atoms in total. The topological polar surface area (TPSA) is 42.4 Å². The van der Waals surface area contributed by atoms with Gasteiger partial charge in [-0.2, -0.15) is 0 Å². The second kappa shape index (κ2) is 5.94. The van der Waals surface area contributed by atoms with Crippen LogP contribution in [0.15, 0.2) is 36.4 Å². The van der Waals surface area contributed by atoms with Crippen LogP contribution >= 0.6 is 0 Å². The zero-order chi connectivity index (χ0) is 13.0. The molecule has 0 bridgehead atoms. The number of methoxy groups -OCH3 is 1. The van der Waals surface area contributed by atoms with Gasteiger partial charge in [-0.1, -0.05) is 31.2 Å². The molecule has 18 heavy (non-hydrogen) atoms. The molecular weight excluding hydrogens is 226 g/mol. The Morgan fingerprint density at radius 1 is 1.22 bits per heavy atom. The summed E-state index contributed by atoms with van der Waals surface area (Å²) in [5.41, 5.74) is 1.66. The summed E-state index contributed by atoms with van der Waals surface area (Å²) in [7, 11) is 1.67. The highest BCUT2D eigenvalue weighted by molar-refractivity contribution is 5.78. The Balaban J connectivity index is 2.19. The molecule has 2 aromatic rings. The maximum absolute atomic E-state index is 10.3. The normalized spacial score (nSPS) is 14.6. The van der Waals surface area contributed by atoms with E-state index in [1.807, 2.05) is 43.3 Å². The Labute approximate surface area is 107 Å². The van der Waals surface area contributed by atoms with E-state index < -0.39 is 6.10 Å². The number of pyridine rings is 1. The number of fused-ring (bicyclic) bond motifs is 1. The van der Waals surface area contributed by atoms with Gasteiger partial charge in [-0.15, -0.1) is 0 Å². The number of aromatic nitrogens is 1. The first-order valence-corrected chi connectivity index (χ1v) is 6.25. The molecule has 0 radical (unpaired) electrons. The quantitative estimate of drug-likeness (QED) is 0.880. The predicted molar refractivity (Wildman–Crippen MR) is 72.4 cm³/mol. The SMILES string of the molecule is COCCC(C)C(O)c1ccc2ccccc2n1. The fourth-order valence-corrected chi connectivity index (χ4v) is 2.00. The summed E-state index contributed by atoms with van der Waals surface area (Å²) < 4.78 is 5.04. The van der Waals surface area contributed by atoms with Crippen LogP contribution in [0.2, 0.25) is 0 Å². The molecule has 0 spiro atoms. The summed E-state index contributed by atoms with van der Waals surface area (Å²) in [5, 5.41) is 11.4. The minimum absolute atomic E-state index is 0.138. The van der Waals surface area contributed by atoms with Crippen molar-refractivity contribution in [2.24, 2.45) is 5.92 Å². The van der Waals surface area contributed by atoms with E-state index in [0.717, 1.165) is 23.0 Å². The summed E-state index contributed by atoms with van der Waals surface area (Å²) in [5.74, 6) is 0.138. The minimum atomic E-state index is -0.537. The first-order valence-electron chi connectivity index (χ1n) is 6.25. The summed E-state index contributed by atoms with van der Waals surface area (Å²) in [4.78, 5) is 4.51. The summed E-state index contributed by atoms with van der Waals surface area (Å²) in [6, 6.07) is 11.8. The number of hydrogen-bond donors (Lipinski definition) is 1. The lowest BCUT2D eigenvalue weighted by Gasteiger charge is -2.18. The monoisotopic (exact) mass is 245 g/mol. The lowest BCUT2D eigenvalue weighted by Crippen LogP contribution is -2.12. The van der Waals surface area contributed by atoms with Gasteiger partial charge in [-0.3, -0.25) is 4.98 Å². The molecule has 2 atom stereocenters. The van der Waals surface area contributed by atoms with Crippen molar-refractivity contribution in [1.29, 1.82) is 0 Å². The summed E-state index contributed by atoms with van der Waals surface area (Å²) >= 11 is 0. The number of ether oxygens (including phenoxy) is 1. The van der Waals surface area contributed by atoms with Crippen LogP contribution in [0.1, 0.15) is 25.1 Å². The van der Waals surface area contributed by atoms with Crippen molar-refractivity contribution in [2.75, 3.05) is 13.7 Å². The van der Waals surface area contributed by atoms with Crippen molar-refractivity contribution in [3.8, 4) is 0 Å². The molecule has 2 rings (SSSR count). The Morgan fingerprint density at radius 2 is 2.00 bits per heavy atom. The number of aliphatic hydroxyl groups excluding tert-OH is 1. The largest absolute Gasteiger partial charge is 0.387 e. The fraction of sp³-hybridized carbons (Fsp3) is 0.400.